The van der Waals surface area contributed by atoms with Crippen molar-refractivity contribution in [3.05, 3.63) is 178 Å². The molecule has 7 heteroatoms. The van der Waals surface area contributed by atoms with E-state index in [0.717, 1.165) is 50.0 Å². The lowest BCUT2D eigenvalue weighted by Gasteiger charge is -2.33. The minimum Gasteiger partial charge on any atom is -0.441 e. The van der Waals surface area contributed by atoms with Gasteiger partial charge in [-0.3, -0.25) is 0 Å². The molecule has 0 amide bonds. The summed E-state index contributed by atoms with van der Waals surface area (Å²) < 4.78 is 56.1. The van der Waals surface area contributed by atoms with Crippen LogP contribution >= 0.6 is 0 Å². The molecule has 51 heavy (non-hydrogen) atoms. The van der Waals surface area contributed by atoms with Crippen molar-refractivity contribution in [1.29, 1.82) is 0 Å². The highest BCUT2D eigenvalue weighted by Gasteiger charge is 2.53. The first-order valence-electron chi connectivity index (χ1n) is 16.8. The van der Waals surface area contributed by atoms with Gasteiger partial charge in [0.15, 0.2) is 17.1 Å². The number of nitrogens with zero attached hydrogens (tertiary/aromatic N) is 2. The molecule has 4 nitrogen and oxygen atoms in total. The van der Waals surface area contributed by atoms with Gasteiger partial charge in [0.25, 0.3) is 0 Å². The standard InChI is InChI=1S/C44H31F3N2O2/c1-26-12-16-29(17-13-26)42(3,44(45,46)47)30-18-14-28(15-19-30)41-49-38-25-32(21-23-40(38)51-41)43(31-20-22-39-37(24-31)48-27(2)50-39)35-10-6-4-8-33(35)34-9-5-7-11-36(34)43/h4-25H,1-3H3. The second-order valence-corrected chi connectivity index (χ2v) is 13.5. The number of hydrogen-bond acceptors (Lipinski definition) is 4. The SMILES string of the molecule is Cc1ccc(C(C)(c2ccc(-c3nc4cc(C5(c6ccc7oc(C)nc7c6)c6ccccc6-c6ccccc65)ccc4o3)cc2)C(F)(F)F)cc1. The van der Waals surface area contributed by atoms with E-state index in [1.54, 1.807) is 36.4 Å². The molecule has 9 rings (SSSR count). The lowest BCUT2D eigenvalue weighted by Crippen LogP contribution is -2.40. The number of rotatable bonds is 5. The summed E-state index contributed by atoms with van der Waals surface area (Å²) in [5.74, 6) is 0.935. The maximum atomic E-state index is 14.7. The van der Waals surface area contributed by atoms with E-state index in [4.69, 9.17) is 13.8 Å². The molecule has 0 bridgehead atoms. The summed E-state index contributed by atoms with van der Waals surface area (Å²) in [5, 5.41) is 0. The van der Waals surface area contributed by atoms with Crippen molar-refractivity contribution in [3.63, 3.8) is 0 Å². The third kappa shape index (κ3) is 4.54. The first kappa shape index (κ1) is 31.1. The molecule has 0 N–H and O–H groups in total. The summed E-state index contributed by atoms with van der Waals surface area (Å²) in [6, 6.07) is 42.1. The van der Waals surface area contributed by atoms with Crippen LogP contribution in [-0.4, -0.2) is 16.1 Å². The van der Waals surface area contributed by atoms with Gasteiger partial charge in [-0.25, -0.2) is 9.97 Å². The van der Waals surface area contributed by atoms with E-state index in [0.29, 0.717) is 28.4 Å². The molecule has 1 aliphatic carbocycles. The second kappa shape index (κ2) is 11.0. The highest BCUT2D eigenvalue weighted by Crippen LogP contribution is 2.56. The van der Waals surface area contributed by atoms with Gasteiger partial charge in [-0.05, 0) is 94.8 Å². The van der Waals surface area contributed by atoms with Crippen molar-refractivity contribution in [2.45, 2.75) is 37.8 Å². The minimum absolute atomic E-state index is 0.140. The molecule has 0 aliphatic heterocycles. The molecule has 0 saturated heterocycles. The Morgan fingerprint density at radius 3 is 1.65 bits per heavy atom. The number of hydrogen-bond donors (Lipinski definition) is 0. The normalized spacial score (nSPS) is 14.8. The Kier molecular flexibility index (Phi) is 6.71. The lowest BCUT2D eigenvalue weighted by molar-refractivity contribution is -0.173. The third-order valence-electron chi connectivity index (χ3n) is 10.6. The summed E-state index contributed by atoms with van der Waals surface area (Å²) in [6.45, 7) is 4.93. The number of aryl methyl sites for hydroxylation is 2. The molecule has 1 unspecified atom stereocenters. The summed E-state index contributed by atoms with van der Waals surface area (Å²) >= 11 is 0. The van der Waals surface area contributed by atoms with Crippen LogP contribution in [0.5, 0.6) is 0 Å². The molecular weight excluding hydrogens is 645 g/mol. The Bertz CT molecular complexity index is 2570. The van der Waals surface area contributed by atoms with Gasteiger partial charge in [0.1, 0.15) is 16.4 Å². The average Bonchev–Trinajstić information content (AvgIpc) is 3.82. The van der Waals surface area contributed by atoms with Crippen molar-refractivity contribution < 1.29 is 22.0 Å². The van der Waals surface area contributed by atoms with Gasteiger partial charge in [-0.1, -0.05) is 103 Å². The smallest absolute Gasteiger partial charge is 0.402 e. The zero-order chi connectivity index (χ0) is 35.1. The highest BCUT2D eigenvalue weighted by molar-refractivity contribution is 5.89. The van der Waals surface area contributed by atoms with E-state index in [9.17, 15) is 13.2 Å². The molecule has 0 radical (unpaired) electrons. The van der Waals surface area contributed by atoms with Crippen LogP contribution in [0.15, 0.2) is 142 Å². The van der Waals surface area contributed by atoms with Gasteiger partial charge in [0, 0.05) is 12.5 Å². The number of benzene rings is 6. The predicted octanol–water partition coefficient (Wildman–Crippen LogP) is 11.5. The Balaban J connectivity index is 1.18. The molecule has 8 aromatic rings. The van der Waals surface area contributed by atoms with Gasteiger partial charge < -0.3 is 8.83 Å². The number of halogens is 3. The maximum absolute atomic E-state index is 14.7. The fourth-order valence-electron chi connectivity index (χ4n) is 7.91. The Labute approximate surface area is 292 Å². The minimum atomic E-state index is -4.51. The number of aromatic nitrogens is 2. The molecule has 6 aromatic carbocycles. The van der Waals surface area contributed by atoms with Crippen LogP contribution in [-0.2, 0) is 10.8 Å². The van der Waals surface area contributed by atoms with Crippen LogP contribution in [0.1, 0.15) is 51.8 Å². The van der Waals surface area contributed by atoms with Gasteiger partial charge in [0.2, 0.25) is 5.89 Å². The van der Waals surface area contributed by atoms with Crippen LogP contribution in [0.2, 0.25) is 0 Å². The van der Waals surface area contributed by atoms with Gasteiger partial charge in [-0.2, -0.15) is 13.2 Å². The zero-order valence-corrected chi connectivity index (χ0v) is 28.0. The Morgan fingerprint density at radius 1 is 0.569 bits per heavy atom. The topological polar surface area (TPSA) is 52.1 Å². The lowest BCUT2D eigenvalue weighted by atomic mass is 9.67. The van der Waals surface area contributed by atoms with Crippen molar-refractivity contribution in [3.8, 4) is 22.6 Å². The quantitative estimate of drug-likeness (QED) is 0.182. The predicted molar refractivity (Wildman–Crippen MR) is 193 cm³/mol. The maximum Gasteiger partial charge on any atom is 0.402 e. The average molecular weight is 677 g/mol. The monoisotopic (exact) mass is 676 g/mol. The van der Waals surface area contributed by atoms with Crippen molar-refractivity contribution in [2.75, 3.05) is 0 Å². The molecule has 0 spiro atoms. The molecule has 1 atom stereocenters. The first-order valence-corrected chi connectivity index (χ1v) is 16.8. The van der Waals surface area contributed by atoms with E-state index >= 15 is 0 Å². The molecule has 0 fully saturated rings. The molecule has 0 saturated carbocycles. The fourth-order valence-corrected chi connectivity index (χ4v) is 7.91. The molecule has 250 valence electrons. The van der Waals surface area contributed by atoms with Crippen LogP contribution in [0.4, 0.5) is 13.2 Å². The van der Waals surface area contributed by atoms with Crippen LogP contribution in [0, 0.1) is 13.8 Å². The van der Waals surface area contributed by atoms with Gasteiger partial charge >= 0.3 is 6.18 Å². The van der Waals surface area contributed by atoms with Crippen LogP contribution in [0.25, 0.3) is 44.8 Å². The zero-order valence-electron chi connectivity index (χ0n) is 28.0. The Hall–Kier alpha value is -5.95. The van der Waals surface area contributed by atoms with E-state index in [1.807, 2.05) is 26.0 Å². The van der Waals surface area contributed by atoms with Gasteiger partial charge in [-0.15, -0.1) is 0 Å². The van der Waals surface area contributed by atoms with Crippen molar-refractivity contribution >= 4 is 22.2 Å². The number of alkyl halides is 3. The summed E-state index contributed by atoms with van der Waals surface area (Å²) in [6.07, 6.45) is -4.51. The molecule has 1 aliphatic rings. The second-order valence-electron chi connectivity index (χ2n) is 13.5. The van der Waals surface area contributed by atoms with Gasteiger partial charge in [0.05, 0.1) is 5.41 Å². The highest BCUT2D eigenvalue weighted by atomic mass is 19.4. The summed E-state index contributed by atoms with van der Waals surface area (Å²) in [4.78, 5) is 9.56. The van der Waals surface area contributed by atoms with Crippen molar-refractivity contribution in [1.82, 2.24) is 9.97 Å². The van der Waals surface area contributed by atoms with E-state index in [2.05, 4.69) is 77.8 Å². The van der Waals surface area contributed by atoms with Crippen LogP contribution < -0.4 is 0 Å². The van der Waals surface area contributed by atoms with Crippen molar-refractivity contribution in [2.24, 2.45) is 0 Å². The first-order chi connectivity index (χ1) is 24.6. The number of oxazole rings is 2. The largest absolute Gasteiger partial charge is 0.441 e. The third-order valence-corrected chi connectivity index (χ3v) is 10.6. The molecule has 2 heterocycles. The summed E-state index contributed by atoms with van der Waals surface area (Å²) in [7, 11) is 0. The Morgan fingerprint density at radius 2 is 1.08 bits per heavy atom. The summed E-state index contributed by atoms with van der Waals surface area (Å²) in [5.41, 5.74) is 8.30. The van der Waals surface area contributed by atoms with E-state index in [1.165, 1.54) is 19.1 Å². The number of fused-ring (bicyclic) bond motifs is 5. The van der Waals surface area contributed by atoms with E-state index in [-0.39, 0.29) is 11.1 Å². The molecular formula is C44H31F3N2O2. The fraction of sp³-hybridized carbons (Fsp3) is 0.136. The molecule has 2 aromatic heterocycles. The van der Waals surface area contributed by atoms with E-state index < -0.39 is 17.0 Å². The van der Waals surface area contributed by atoms with Crippen LogP contribution in [0.3, 0.4) is 0 Å².